The predicted octanol–water partition coefficient (Wildman–Crippen LogP) is 5.57. The Bertz CT molecular complexity index is 1080. The number of hydrogen-bond donors (Lipinski definition) is 2. The van der Waals surface area contributed by atoms with Crippen molar-refractivity contribution in [2.45, 2.75) is 0 Å². The molecular formula is C20H18N4OS3. The minimum atomic E-state index is -0.213. The lowest BCUT2D eigenvalue weighted by Crippen LogP contribution is -2.30. The number of nitrogens with zero attached hydrogens (tertiary/aromatic N) is 2. The Labute approximate surface area is 175 Å². The van der Waals surface area contributed by atoms with Crippen molar-refractivity contribution in [1.29, 1.82) is 0 Å². The molecule has 4 rings (SSSR count). The highest BCUT2D eigenvalue weighted by Gasteiger charge is 2.15. The molecule has 0 radical (unpaired) electrons. The van der Waals surface area contributed by atoms with Crippen LogP contribution in [-0.2, 0) is 0 Å². The van der Waals surface area contributed by atoms with E-state index >= 15 is 0 Å². The van der Waals surface area contributed by atoms with Gasteiger partial charge in [-0.25, -0.2) is 14.8 Å². The first-order valence-electron chi connectivity index (χ1n) is 8.68. The Balaban J connectivity index is 1.69. The van der Waals surface area contributed by atoms with Gasteiger partial charge < -0.3 is 10.6 Å². The van der Waals surface area contributed by atoms with Crippen LogP contribution in [0.4, 0.5) is 10.5 Å². The van der Waals surface area contributed by atoms with E-state index in [1.54, 1.807) is 34.4 Å². The van der Waals surface area contributed by atoms with Crippen molar-refractivity contribution in [2.24, 2.45) is 0 Å². The van der Waals surface area contributed by atoms with Gasteiger partial charge in [0.25, 0.3) is 0 Å². The molecule has 0 fully saturated rings. The fourth-order valence-electron chi connectivity index (χ4n) is 2.74. The van der Waals surface area contributed by atoms with Crippen LogP contribution in [0.2, 0.25) is 0 Å². The Hall–Kier alpha value is -2.42. The summed E-state index contributed by atoms with van der Waals surface area (Å²) in [6, 6.07) is 13.6. The Kier molecular flexibility index (Phi) is 5.90. The number of hydrogen-bond acceptors (Lipinski definition) is 6. The number of fused-ring (bicyclic) bond motifs is 1. The fraction of sp³-hybridized carbons (Fsp3) is 0.150. The second-order valence-electron chi connectivity index (χ2n) is 5.95. The smallest absolute Gasteiger partial charge is 0.319 e. The van der Waals surface area contributed by atoms with Crippen molar-refractivity contribution in [1.82, 2.24) is 15.3 Å². The molecule has 0 atom stereocenters. The number of urea groups is 1. The van der Waals surface area contributed by atoms with Crippen LogP contribution < -0.4 is 10.6 Å². The molecule has 0 bridgehead atoms. The van der Waals surface area contributed by atoms with Crippen molar-refractivity contribution < 1.29 is 4.79 Å². The van der Waals surface area contributed by atoms with Crippen LogP contribution in [0, 0.1) is 0 Å². The normalized spacial score (nSPS) is 10.9. The molecule has 3 aromatic heterocycles. The summed E-state index contributed by atoms with van der Waals surface area (Å²) >= 11 is 4.99. The number of carbonyl (C=O) groups is 1. The summed E-state index contributed by atoms with van der Waals surface area (Å²) in [6.45, 7) is 0.632. The van der Waals surface area contributed by atoms with E-state index in [0.29, 0.717) is 12.2 Å². The predicted molar refractivity (Wildman–Crippen MR) is 122 cm³/mol. The summed E-state index contributed by atoms with van der Waals surface area (Å²) in [5.74, 6) is 0.881. The summed E-state index contributed by atoms with van der Waals surface area (Å²) in [5, 5.41) is 9.79. The Morgan fingerprint density at radius 3 is 2.29 bits per heavy atom. The van der Waals surface area contributed by atoms with Gasteiger partial charge in [-0.15, -0.1) is 22.7 Å². The Morgan fingerprint density at radius 2 is 1.68 bits per heavy atom. The maximum absolute atomic E-state index is 12.0. The van der Waals surface area contributed by atoms with Crippen LogP contribution in [0.1, 0.15) is 0 Å². The van der Waals surface area contributed by atoms with Crippen molar-refractivity contribution in [3.05, 3.63) is 53.2 Å². The van der Waals surface area contributed by atoms with Gasteiger partial charge in [-0.2, -0.15) is 11.8 Å². The molecule has 3 heterocycles. The lowest BCUT2D eigenvalue weighted by Gasteiger charge is -2.10. The molecule has 28 heavy (non-hydrogen) atoms. The van der Waals surface area contributed by atoms with Gasteiger partial charge in [0.05, 0.1) is 20.8 Å². The number of rotatable bonds is 6. The maximum Gasteiger partial charge on any atom is 0.319 e. The molecule has 2 amide bonds. The first-order chi connectivity index (χ1) is 13.7. The average molecular weight is 427 g/mol. The zero-order valence-electron chi connectivity index (χ0n) is 15.1. The van der Waals surface area contributed by atoms with E-state index in [9.17, 15) is 4.79 Å². The number of anilines is 1. The van der Waals surface area contributed by atoms with Gasteiger partial charge in [-0.3, -0.25) is 0 Å². The molecule has 2 N–H and O–H groups in total. The summed E-state index contributed by atoms with van der Waals surface area (Å²) < 4.78 is 0. The lowest BCUT2D eigenvalue weighted by atomic mass is 10.2. The summed E-state index contributed by atoms with van der Waals surface area (Å²) in [6.07, 6.45) is 2.01. The van der Waals surface area contributed by atoms with Crippen LogP contribution in [0.3, 0.4) is 0 Å². The standard InChI is InChI=1S/C20H18N4OS3/c1-26-11-8-21-20(25)22-13-6-7-14-15(12-13)24-19(17-5-3-10-28-17)18(23-14)16-4-2-9-27-16/h2-7,9-10,12H,8,11H2,1H3,(H2,21,22,25). The molecule has 0 aliphatic heterocycles. The molecule has 0 saturated carbocycles. The molecule has 0 unspecified atom stereocenters. The van der Waals surface area contributed by atoms with Gasteiger partial charge in [0.2, 0.25) is 0 Å². The van der Waals surface area contributed by atoms with Crippen LogP contribution in [-0.4, -0.2) is 34.6 Å². The van der Waals surface area contributed by atoms with Crippen molar-refractivity contribution in [3.63, 3.8) is 0 Å². The van der Waals surface area contributed by atoms with Gasteiger partial charge in [-0.05, 0) is 47.3 Å². The highest BCUT2D eigenvalue weighted by Crippen LogP contribution is 2.35. The summed E-state index contributed by atoms with van der Waals surface area (Å²) in [7, 11) is 0. The molecule has 4 aromatic rings. The first-order valence-corrected chi connectivity index (χ1v) is 11.8. The molecule has 8 heteroatoms. The lowest BCUT2D eigenvalue weighted by molar-refractivity contribution is 0.252. The van der Waals surface area contributed by atoms with Gasteiger partial charge in [-0.1, -0.05) is 12.1 Å². The number of nitrogens with one attached hydrogen (secondary N) is 2. The second-order valence-corrected chi connectivity index (χ2v) is 8.83. The molecule has 0 aliphatic carbocycles. The number of thioether (sulfide) groups is 1. The average Bonchev–Trinajstić information content (AvgIpc) is 3.41. The van der Waals surface area contributed by atoms with Crippen molar-refractivity contribution in [2.75, 3.05) is 23.9 Å². The number of aromatic nitrogens is 2. The minimum Gasteiger partial charge on any atom is -0.337 e. The third kappa shape index (κ3) is 4.19. The van der Waals surface area contributed by atoms with Gasteiger partial charge in [0.1, 0.15) is 11.4 Å². The Morgan fingerprint density at radius 1 is 1.00 bits per heavy atom. The molecular weight excluding hydrogens is 408 g/mol. The number of thiophene rings is 2. The zero-order chi connectivity index (χ0) is 19.3. The van der Waals surface area contributed by atoms with Crippen LogP contribution in [0.25, 0.3) is 32.2 Å². The van der Waals surface area contributed by atoms with Crippen molar-refractivity contribution in [3.8, 4) is 21.1 Å². The third-order valence-electron chi connectivity index (χ3n) is 4.02. The van der Waals surface area contributed by atoms with Crippen LogP contribution in [0.5, 0.6) is 0 Å². The molecule has 1 aromatic carbocycles. The molecule has 0 spiro atoms. The third-order valence-corrected chi connectivity index (χ3v) is 6.39. The molecule has 0 aliphatic rings. The maximum atomic E-state index is 12.0. The fourth-order valence-corrected chi connectivity index (χ4v) is 4.48. The molecule has 0 saturated heterocycles. The monoisotopic (exact) mass is 426 g/mol. The molecule has 142 valence electrons. The zero-order valence-corrected chi connectivity index (χ0v) is 17.6. The highest BCUT2D eigenvalue weighted by atomic mass is 32.2. The van der Waals surface area contributed by atoms with E-state index in [4.69, 9.17) is 9.97 Å². The first kappa shape index (κ1) is 18.9. The van der Waals surface area contributed by atoms with Crippen molar-refractivity contribution >= 4 is 57.2 Å². The van der Waals surface area contributed by atoms with E-state index in [1.807, 2.05) is 47.3 Å². The SMILES string of the molecule is CSCCNC(=O)Nc1ccc2nc(-c3cccs3)c(-c3cccs3)nc2c1. The number of carbonyl (C=O) groups excluding carboxylic acids is 1. The minimum absolute atomic E-state index is 0.213. The highest BCUT2D eigenvalue weighted by molar-refractivity contribution is 7.98. The quantitative estimate of drug-likeness (QED) is 0.396. The van der Waals surface area contributed by atoms with E-state index in [2.05, 4.69) is 22.8 Å². The van der Waals surface area contributed by atoms with Gasteiger partial charge >= 0.3 is 6.03 Å². The summed E-state index contributed by atoms with van der Waals surface area (Å²) in [4.78, 5) is 24.0. The van der Waals surface area contributed by atoms with E-state index < -0.39 is 0 Å². The van der Waals surface area contributed by atoms with E-state index in [-0.39, 0.29) is 6.03 Å². The van der Waals surface area contributed by atoms with E-state index in [0.717, 1.165) is 37.9 Å². The van der Waals surface area contributed by atoms with Crippen LogP contribution in [0.15, 0.2) is 53.2 Å². The second kappa shape index (κ2) is 8.72. The van der Waals surface area contributed by atoms with Gasteiger partial charge in [0.15, 0.2) is 0 Å². The summed E-state index contributed by atoms with van der Waals surface area (Å²) in [5.41, 5.74) is 4.01. The van der Waals surface area contributed by atoms with E-state index in [1.165, 1.54) is 0 Å². The van der Waals surface area contributed by atoms with Crippen LogP contribution >= 0.6 is 34.4 Å². The largest absolute Gasteiger partial charge is 0.337 e. The topological polar surface area (TPSA) is 66.9 Å². The molecule has 5 nitrogen and oxygen atoms in total. The van der Waals surface area contributed by atoms with Gasteiger partial charge in [0, 0.05) is 18.0 Å². The number of benzene rings is 1. The number of amides is 2.